The summed E-state index contributed by atoms with van der Waals surface area (Å²) in [4.78, 5) is 13.1. The Balaban J connectivity index is 1.72. The van der Waals surface area contributed by atoms with Crippen LogP contribution < -0.4 is 4.74 Å². The van der Waals surface area contributed by atoms with Gasteiger partial charge in [0.15, 0.2) is 0 Å². The van der Waals surface area contributed by atoms with E-state index < -0.39 is 5.97 Å². The standard InChI is InChI=1S/C15H18ClNO3/c1-17-8-11(9-17)20-13-3-2-10(6-12(13)16)15(4-5-15)7-14(18)19/h2-3,6,11H,4-5,7-9H2,1H3,(H,18,19). The van der Waals surface area contributed by atoms with E-state index in [1.165, 1.54) is 0 Å². The number of carbonyl (C=O) groups is 1. The monoisotopic (exact) mass is 295 g/mol. The van der Waals surface area contributed by atoms with Gasteiger partial charge in [0.25, 0.3) is 0 Å². The van der Waals surface area contributed by atoms with Crippen molar-refractivity contribution in [3.63, 3.8) is 0 Å². The first-order valence-electron chi connectivity index (χ1n) is 6.85. The minimum atomic E-state index is -0.753. The van der Waals surface area contributed by atoms with Crippen molar-refractivity contribution in [1.82, 2.24) is 4.90 Å². The second kappa shape index (κ2) is 4.93. The molecule has 0 spiro atoms. The second-order valence-corrected chi connectivity index (χ2v) is 6.36. The number of ether oxygens (including phenoxy) is 1. The minimum absolute atomic E-state index is 0.178. The molecule has 1 N–H and O–H groups in total. The molecule has 1 aliphatic carbocycles. The van der Waals surface area contributed by atoms with Gasteiger partial charge in [-0.3, -0.25) is 9.69 Å². The maximum atomic E-state index is 10.9. The highest BCUT2D eigenvalue weighted by molar-refractivity contribution is 6.32. The zero-order valence-corrected chi connectivity index (χ0v) is 12.2. The van der Waals surface area contributed by atoms with E-state index in [0.29, 0.717) is 10.8 Å². The van der Waals surface area contributed by atoms with Crippen molar-refractivity contribution in [3.05, 3.63) is 28.8 Å². The molecule has 1 heterocycles. The van der Waals surface area contributed by atoms with Gasteiger partial charge in [-0.25, -0.2) is 0 Å². The van der Waals surface area contributed by atoms with E-state index in [1.54, 1.807) is 0 Å². The molecule has 20 heavy (non-hydrogen) atoms. The minimum Gasteiger partial charge on any atom is -0.486 e. The normalized spacial score (nSPS) is 21.3. The summed E-state index contributed by atoms with van der Waals surface area (Å²) < 4.78 is 5.83. The van der Waals surface area contributed by atoms with Crippen molar-refractivity contribution in [2.24, 2.45) is 0 Å². The highest BCUT2D eigenvalue weighted by Crippen LogP contribution is 2.52. The van der Waals surface area contributed by atoms with Crippen molar-refractivity contribution >= 4 is 17.6 Å². The lowest BCUT2D eigenvalue weighted by molar-refractivity contribution is -0.137. The molecule has 0 unspecified atom stereocenters. The summed E-state index contributed by atoms with van der Waals surface area (Å²) in [6, 6.07) is 5.70. The molecule has 0 aromatic heterocycles. The molecule has 3 rings (SSSR count). The smallest absolute Gasteiger partial charge is 0.304 e. The fourth-order valence-corrected chi connectivity index (χ4v) is 3.06. The molecule has 0 bridgehead atoms. The Morgan fingerprint density at radius 1 is 1.50 bits per heavy atom. The van der Waals surface area contributed by atoms with Crippen molar-refractivity contribution in [2.75, 3.05) is 20.1 Å². The number of carboxylic acids is 1. The Labute approximate surface area is 123 Å². The van der Waals surface area contributed by atoms with E-state index in [9.17, 15) is 4.79 Å². The van der Waals surface area contributed by atoms with Gasteiger partial charge in [-0.05, 0) is 37.6 Å². The largest absolute Gasteiger partial charge is 0.486 e. The third kappa shape index (κ3) is 2.63. The van der Waals surface area contributed by atoms with Gasteiger partial charge in [0, 0.05) is 18.5 Å². The zero-order chi connectivity index (χ0) is 14.3. The highest BCUT2D eigenvalue weighted by atomic mass is 35.5. The molecular weight excluding hydrogens is 278 g/mol. The Kier molecular flexibility index (Phi) is 3.38. The van der Waals surface area contributed by atoms with Gasteiger partial charge < -0.3 is 9.84 Å². The number of nitrogens with zero attached hydrogens (tertiary/aromatic N) is 1. The number of hydrogen-bond donors (Lipinski definition) is 1. The molecule has 0 atom stereocenters. The number of halogens is 1. The van der Waals surface area contributed by atoms with Crippen LogP contribution in [0.15, 0.2) is 18.2 Å². The number of rotatable bonds is 5. The lowest BCUT2D eigenvalue weighted by atomic mass is 9.92. The number of benzene rings is 1. The summed E-state index contributed by atoms with van der Waals surface area (Å²) in [5, 5.41) is 9.57. The molecule has 0 radical (unpaired) electrons. The molecule has 4 nitrogen and oxygen atoms in total. The van der Waals surface area contributed by atoms with E-state index in [2.05, 4.69) is 4.90 Å². The SMILES string of the molecule is CN1CC(Oc2ccc(C3(CC(=O)O)CC3)cc2Cl)C1. The van der Waals surface area contributed by atoms with E-state index in [-0.39, 0.29) is 17.9 Å². The Morgan fingerprint density at radius 3 is 2.70 bits per heavy atom. The quantitative estimate of drug-likeness (QED) is 0.907. The number of hydrogen-bond acceptors (Lipinski definition) is 3. The summed E-state index contributed by atoms with van der Waals surface area (Å²) in [6.45, 7) is 1.84. The van der Waals surface area contributed by atoms with Crippen molar-refractivity contribution < 1.29 is 14.6 Å². The van der Waals surface area contributed by atoms with Crippen molar-refractivity contribution in [2.45, 2.75) is 30.8 Å². The van der Waals surface area contributed by atoms with Gasteiger partial charge in [-0.1, -0.05) is 17.7 Å². The third-order valence-corrected chi connectivity index (χ3v) is 4.51. The Morgan fingerprint density at radius 2 is 2.20 bits per heavy atom. The summed E-state index contributed by atoms with van der Waals surface area (Å²) in [7, 11) is 2.05. The number of carboxylic acid groups (broad SMARTS) is 1. The summed E-state index contributed by atoms with van der Waals surface area (Å²) in [6.07, 6.45) is 2.22. The lowest BCUT2D eigenvalue weighted by Crippen LogP contribution is -2.51. The van der Waals surface area contributed by atoms with E-state index in [4.69, 9.17) is 21.4 Å². The van der Waals surface area contributed by atoms with Crippen LogP contribution in [-0.4, -0.2) is 42.2 Å². The van der Waals surface area contributed by atoms with Crippen LogP contribution in [-0.2, 0) is 10.2 Å². The van der Waals surface area contributed by atoms with E-state index in [1.807, 2.05) is 25.2 Å². The van der Waals surface area contributed by atoms with Gasteiger partial charge in [0.05, 0.1) is 11.4 Å². The molecule has 1 saturated heterocycles. The van der Waals surface area contributed by atoms with Gasteiger partial charge >= 0.3 is 5.97 Å². The Bertz CT molecular complexity index is 536. The summed E-state index contributed by atoms with van der Waals surface area (Å²) >= 11 is 6.28. The molecular formula is C15H18ClNO3. The van der Waals surface area contributed by atoms with Crippen LogP contribution >= 0.6 is 11.6 Å². The second-order valence-electron chi connectivity index (χ2n) is 5.96. The first kappa shape index (κ1) is 13.7. The average Bonchev–Trinajstić information content (AvgIpc) is 3.09. The van der Waals surface area contributed by atoms with Crippen LogP contribution in [0.5, 0.6) is 5.75 Å². The van der Waals surface area contributed by atoms with Crippen LogP contribution in [0, 0.1) is 0 Å². The van der Waals surface area contributed by atoms with Crippen LogP contribution in [0.3, 0.4) is 0 Å². The number of likely N-dealkylation sites (N-methyl/N-ethyl adjacent to an activating group) is 1. The molecule has 1 aromatic carbocycles. The summed E-state index contributed by atoms with van der Waals surface area (Å²) in [5.41, 5.74) is 0.813. The van der Waals surface area contributed by atoms with Gasteiger partial charge in [-0.2, -0.15) is 0 Å². The van der Waals surface area contributed by atoms with Gasteiger partial charge in [0.1, 0.15) is 11.9 Å². The topological polar surface area (TPSA) is 49.8 Å². The fraction of sp³-hybridized carbons (Fsp3) is 0.533. The Hall–Kier alpha value is -1.26. The van der Waals surface area contributed by atoms with Crippen LogP contribution in [0.2, 0.25) is 5.02 Å². The van der Waals surface area contributed by atoms with E-state index in [0.717, 1.165) is 31.5 Å². The molecule has 2 fully saturated rings. The van der Waals surface area contributed by atoms with Crippen molar-refractivity contribution in [1.29, 1.82) is 0 Å². The highest BCUT2D eigenvalue weighted by Gasteiger charge is 2.46. The van der Waals surface area contributed by atoms with E-state index >= 15 is 0 Å². The predicted octanol–water partition coefficient (Wildman–Crippen LogP) is 2.54. The average molecular weight is 296 g/mol. The molecule has 1 aromatic rings. The number of aliphatic carboxylic acids is 1. The van der Waals surface area contributed by atoms with Crippen molar-refractivity contribution in [3.8, 4) is 5.75 Å². The van der Waals surface area contributed by atoms with Crippen LogP contribution in [0.25, 0.3) is 0 Å². The third-order valence-electron chi connectivity index (χ3n) is 4.21. The number of likely N-dealkylation sites (tertiary alicyclic amines) is 1. The predicted molar refractivity (Wildman–Crippen MR) is 76.5 cm³/mol. The zero-order valence-electron chi connectivity index (χ0n) is 11.4. The molecule has 2 aliphatic rings. The molecule has 108 valence electrons. The van der Waals surface area contributed by atoms with Gasteiger partial charge in [-0.15, -0.1) is 0 Å². The lowest BCUT2D eigenvalue weighted by Gasteiger charge is -2.36. The fourth-order valence-electron chi connectivity index (χ4n) is 2.83. The van der Waals surface area contributed by atoms with Gasteiger partial charge in [0.2, 0.25) is 0 Å². The summed E-state index contributed by atoms with van der Waals surface area (Å²) in [5.74, 6) is -0.0592. The molecule has 1 saturated carbocycles. The first-order valence-corrected chi connectivity index (χ1v) is 7.23. The van der Waals surface area contributed by atoms with Crippen LogP contribution in [0.1, 0.15) is 24.8 Å². The van der Waals surface area contributed by atoms with Crippen LogP contribution in [0.4, 0.5) is 0 Å². The molecule has 1 aliphatic heterocycles. The maximum absolute atomic E-state index is 10.9. The molecule has 5 heteroatoms. The molecule has 0 amide bonds. The first-order chi connectivity index (χ1) is 9.48. The maximum Gasteiger partial charge on any atom is 0.304 e.